The molecule has 5 rings (SSSR count). The van der Waals surface area contributed by atoms with Gasteiger partial charge in [0.1, 0.15) is 17.7 Å². The molecule has 1 amide bonds. The number of ether oxygens (including phenoxy) is 1. The van der Waals surface area contributed by atoms with Crippen molar-refractivity contribution in [3.05, 3.63) is 76.8 Å². The molecule has 37 heavy (non-hydrogen) atoms. The fourth-order valence-corrected chi connectivity index (χ4v) is 4.64. The van der Waals surface area contributed by atoms with Crippen molar-refractivity contribution >= 4 is 23.3 Å². The minimum absolute atomic E-state index is 0.0841. The Morgan fingerprint density at radius 1 is 1.16 bits per heavy atom. The molecule has 10 heteroatoms. The number of halogens is 2. The fraction of sp³-hybridized carbons (Fsp3) is 0.370. The molecule has 2 N–H and O–H groups in total. The second kappa shape index (κ2) is 11.0. The van der Waals surface area contributed by atoms with E-state index in [4.69, 9.17) is 16.3 Å². The molecule has 0 radical (unpaired) electrons. The molecule has 2 atom stereocenters. The van der Waals surface area contributed by atoms with Crippen LogP contribution in [0.1, 0.15) is 47.7 Å². The van der Waals surface area contributed by atoms with E-state index in [9.17, 15) is 19.1 Å². The largest absolute Gasteiger partial charge is 0.489 e. The third kappa shape index (κ3) is 6.18. The number of hydrogen-bond donors (Lipinski definition) is 2. The van der Waals surface area contributed by atoms with Gasteiger partial charge in [0.2, 0.25) is 0 Å². The van der Waals surface area contributed by atoms with Gasteiger partial charge in [-0.15, -0.1) is 0 Å². The van der Waals surface area contributed by atoms with Crippen molar-refractivity contribution in [3.63, 3.8) is 0 Å². The lowest BCUT2D eigenvalue weighted by atomic mass is 10.0. The molecule has 1 saturated heterocycles. The van der Waals surface area contributed by atoms with Gasteiger partial charge in [-0.25, -0.2) is 9.07 Å². The van der Waals surface area contributed by atoms with E-state index in [1.54, 1.807) is 18.2 Å². The predicted octanol–water partition coefficient (Wildman–Crippen LogP) is 3.70. The number of nitrogens with one attached hydrogen (secondary N) is 1. The van der Waals surface area contributed by atoms with E-state index in [-0.39, 0.29) is 17.5 Å². The fourth-order valence-electron chi connectivity index (χ4n) is 4.40. The second-order valence-corrected chi connectivity index (χ2v) is 9.93. The van der Waals surface area contributed by atoms with Crippen LogP contribution in [-0.2, 0) is 4.79 Å². The SMILES string of the molecule is O=C(NC(CN1CCCC1)C(O)c1ccc(OC2CC2)c(Cl)c1)C(=O)c1cnn(-c2ccc(F)cc2)c1. The summed E-state index contributed by atoms with van der Waals surface area (Å²) in [7, 11) is 0. The Bertz CT molecular complexity index is 1270. The maximum absolute atomic E-state index is 13.2. The van der Waals surface area contributed by atoms with Crippen LogP contribution in [0.15, 0.2) is 54.9 Å². The number of aliphatic hydroxyl groups excluding tert-OH is 1. The predicted molar refractivity (Wildman–Crippen MR) is 136 cm³/mol. The van der Waals surface area contributed by atoms with Gasteiger partial charge < -0.3 is 20.1 Å². The molecule has 1 saturated carbocycles. The van der Waals surface area contributed by atoms with Crippen molar-refractivity contribution in [1.29, 1.82) is 0 Å². The van der Waals surface area contributed by atoms with Crippen molar-refractivity contribution in [1.82, 2.24) is 20.0 Å². The van der Waals surface area contributed by atoms with E-state index in [0.29, 0.717) is 28.6 Å². The molecule has 3 aromatic rings. The topological polar surface area (TPSA) is 96.7 Å². The Balaban J connectivity index is 1.30. The van der Waals surface area contributed by atoms with Gasteiger partial charge in [-0.1, -0.05) is 17.7 Å². The number of carbonyl (C=O) groups is 2. The lowest BCUT2D eigenvalue weighted by Crippen LogP contribution is -2.48. The van der Waals surface area contributed by atoms with Gasteiger partial charge in [0.25, 0.3) is 11.7 Å². The van der Waals surface area contributed by atoms with E-state index < -0.39 is 23.8 Å². The standard InChI is InChI=1S/C27H28ClFN4O4/c28-22-13-17(3-10-24(22)37-21-8-9-21)25(34)23(16-32-11-1-2-12-32)31-27(36)26(35)18-14-30-33(15-18)20-6-4-19(29)5-7-20/h3-7,10,13-15,21,23,25,34H,1-2,8-9,11-12,16H2,(H,31,36). The van der Waals surface area contributed by atoms with Gasteiger partial charge in [-0.2, -0.15) is 5.10 Å². The summed E-state index contributed by atoms with van der Waals surface area (Å²) >= 11 is 6.40. The maximum Gasteiger partial charge on any atom is 0.292 e. The summed E-state index contributed by atoms with van der Waals surface area (Å²) in [6.07, 6.45) is 5.88. The van der Waals surface area contributed by atoms with Gasteiger partial charge in [0.05, 0.1) is 34.6 Å². The first kappa shape index (κ1) is 25.4. The maximum atomic E-state index is 13.2. The van der Waals surface area contributed by atoms with Gasteiger partial charge in [-0.3, -0.25) is 9.59 Å². The summed E-state index contributed by atoms with van der Waals surface area (Å²) in [4.78, 5) is 28.1. The van der Waals surface area contributed by atoms with Gasteiger partial charge in [0, 0.05) is 12.7 Å². The molecule has 2 fully saturated rings. The number of Topliss-reactive ketones (excluding diaryl/α,β-unsaturated/α-hetero) is 1. The number of likely N-dealkylation sites (tertiary alicyclic amines) is 1. The molecule has 0 bridgehead atoms. The van der Waals surface area contributed by atoms with E-state index in [1.165, 1.54) is 41.3 Å². The van der Waals surface area contributed by atoms with Crippen molar-refractivity contribution in [2.45, 2.75) is 43.9 Å². The van der Waals surface area contributed by atoms with E-state index in [1.807, 2.05) is 0 Å². The van der Waals surface area contributed by atoms with Crippen LogP contribution >= 0.6 is 11.6 Å². The van der Waals surface area contributed by atoms with Crippen molar-refractivity contribution in [3.8, 4) is 11.4 Å². The Hall–Kier alpha value is -3.27. The van der Waals surface area contributed by atoms with E-state index >= 15 is 0 Å². The lowest BCUT2D eigenvalue weighted by Gasteiger charge is -2.28. The monoisotopic (exact) mass is 526 g/mol. The number of carbonyl (C=O) groups excluding carboxylic acids is 2. The quantitative estimate of drug-likeness (QED) is 0.309. The number of nitrogens with zero attached hydrogens (tertiary/aromatic N) is 3. The Morgan fingerprint density at radius 3 is 2.57 bits per heavy atom. The number of rotatable bonds is 10. The minimum Gasteiger partial charge on any atom is -0.489 e. The summed E-state index contributed by atoms with van der Waals surface area (Å²) < 4.78 is 20.4. The first-order valence-corrected chi connectivity index (χ1v) is 12.8. The molecular formula is C27H28ClFN4O4. The highest BCUT2D eigenvalue weighted by Gasteiger charge is 2.30. The molecule has 2 aromatic carbocycles. The number of aromatic nitrogens is 2. The average molecular weight is 527 g/mol. The first-order valence-electron chi connectivity index (χ1n) is 12.4. The molecular weight excluding hydrogens is 499 g/mol. The van der Waals surface area contributed by atoms with Crippen LogP contribution in [0.25, 0.3) is 5.69 Å². The Morgan fingerprint density at radius 2 is 1.89 bits per heavy atom. The highest BCUT2D eigenvalue weighted by atomic mass is 35.5. The third-order valence-electron chi connectivity index (χ3n) is 6.61. The van der Waals surface area contributed by atoms with Crippen molar-refractivity contribution < 1.29 is 23.8 Å². The Kier molecular flexibility index (Phi) is 7.55. The molecule has 2 unspecified atom stereocenters. The molecule has 194 valence electrons. The molecule has 8 nitrogen and oxygen atoms in total. The van der Waals surface area contributed by atoms with Gasteiger partial charge in [0.15, 0.2) is 0 Å². The normalized spacial score (nSPS) is 17.4. The van der Waals surface area contributed by atoms with E-state index in [2.05, 4.69) is 15.3 Å². The zero-order valence-corrected chi connectivity index (χ0v) is 20.9. The van der Waals surface area contributed by atoms with Crippen LogP contribution in [-0.4, -0.2) is 63.3 Å². The second-order valence-electron chi connectivity index (χ2n) is 9.52. The third-order valence-corrected chi connectivity index (χ3v) is 6.90. The van der Waals surface area contributed by atoms with Crippen LogP contribution in [0.3, 0.4) is 0 Å². The zero-order valence-electron chi connectivity index (χ0n) is 20.1. The lowest BCUT2D eigenvalue weighted by molar-refractivity contribution is -0.118. The molecule has 1 aliphatic carbocycles. The molecule has 2 aliphatic rings. The molecule has 0 spiro atoms. The van der Waals surface area contributed by atoms with E-state index in [0.717, 1.165) is 38.8 Å². The number of ketones is 1. The minimum atomic E-state index is -1.09. The smallest absolute Gasteiger partial charge is 0.292 e. The summed E-state index contributed by atoms with van der Waals surface area (Å²) in [5, 5.41) is 18.5. The number of amides is 1. The highest BCUT2D eigenvalue weighted by molar-refractivity contribution is 6.42. The van der Waals surface area contributed by atoms with Crippen molar-refractivity contribution in [2.75, 3.05) is 19.6 Å². The number of hydrogen-bond acceptors (Lipinski definition) is 6. The number of benzene rings is 2. The summed E-state index contributed by atoms with van der Waals surface area (Å²) in [5.41, 5.74) is 1.16. The highest BCUT2D eigenvalue weighted by Crippen LogP contribution is 2.34. The van der Waals surface area contributed by atoms with Gasteiger partial charge >= 0.3 is 0 Å². The number of aliphatic hydroxyl groups is 1. The first-order chi connectivity index (χ1) is 17.9. The van der Waals surface area contributed by atoms with Crippen LogP contribution in [0.4, 0.5) is 4.39 Å². The van der Waals surface area contributed by atoms with Crippen LogP contribution < -0.4 is 10.1 Å². The average Bonchev–Trinajstić information content (AvgIpc) is 3.33. The Labute approximate surface area is 219 Å². The molecule has 1 aromatic heterocycles. The van der Waals surface area contributed by atoms with Crippen LogP contribution in [0.5, 0.6) is 5.75 Å². The summed E-state index contributed by atoms with van der Waals surface area (Å²) in [5.74, 6) is -1.45. The van der Waals surface area contributed by atoms with Crippen LogP contribution in [0, 0.1) is 5.82 Å². The zero-order chi connectivity index (χ0) is 25.9. The molecule has 1 aliphatic heterocycles. The molecule has 2 heterocycles. The summed E-state index contributed by atoms with van der Waals surface area (Å²) in [6.45, 7) is 2.09. The van der Waals surface area contributed by atoms with Gasteiger partial charge in [-0.05, 0) is 80.7 Å². The summed E-state index contributed by atoms with van der Waals surface area (Å²) in [6, 6.07) is 9.96. The van der Waals surface area contributed by atoms with Crippen LogP contribution in [0.2, 0.25) is 5.02 Å². The van der Waals surface area contributed by atoms with Crippen molar-refractivity contribution in [2.24, 2.45) is 0 Å².